The van der Waals surface area contributed by atoms with Gasteiger partial charge in [-0.2, -0.15) is 0 Å². The largest absolute Gasteiger partial charge is 0.331 e. The van der Waals surface area contributed by atoms with E-state index in [1.165, 1.54) is 6.07 Å². The van der Waals surface area contributed by atoms with E-state index in [2.05, 4.69) is 15.0 Å². The highest BCUT2D eigenvalue weighted by atomic mass is 35.5. The van der Waals surface area contributed by atoms with Gasteiger partial charge in [-0.25, -0.2) is 9.97 Å². The monoisotopic (exact) mass is 224 g/mol. The van der Waals surface area contributed by atoms with E-state index in [4.69, 9.17) is 11.6 Å². The minimum atomic E-state index is -0.223. The number of nitrogens with zero attached hydrogens (tertiary/aromatic N) is 3. The van der Waals surface area contributed by atoms with Gasteiger partial charge in [-0.15, -0.1) is 11.6 Å². The SMILES string of the molecule is Cn1ccnc1-c1nc(CCl)cc(=O)[nH]1. The molecule has 15 heavy (non-hydrogen) atoms. The van der Waals surface area contributed by atoms with Gasteiger partial charge in [0.2, 0.25) is 0 Å². The number of aromatic nitrogens is 4. The zero-order chi connectivity index (χ0) is 10.8. The lowest BCUT2D eigenvalue weighted by Gasteiger charge is -2.01. The third-order valence-electron chi connectivity index (χ3n) is 1.96. The Morgan fingerprint density at radius 3 is 3.00 bits per heavy atom. The molecular formula is C9H9ClN4O. The average molecular weight is 225 g/mol. The molecule has 2 aromatic heterocycles. The molecule has 0 bridgehead atoms. The Bertz CT molecular complexity index is 531. The van der Waals surface area contributed by atoms with Gasteiger partial charge in [0, 0.05) is 25.5 Å². The van der Waals surface area contributed by atoms with E-state index in [0.29, 0.717) is 17.3 Å². The number of imidazole rings is 1. The number of hydrogen-bond acceptors (Lipinski definition) is 3. The van der Waals surface area contributed by atoms with E-state index in [1.54, 1.807) is 17.0 Å². The molecule has 0 aliphatic heterocycles. The van der Waals surface area contributed by atoms with Crippen molar-refractivity contribution < 1.29 is 0 Å². The van der Waals surface area contributed by atoms with Crippen molar-refractivity contribution in [1.29, 1.82) is 0 Å². The van der Waals surface area contributed by atoms with Crippen LogP contribution in [0.25, 0.3) is 11.6 Å². The smallest absolute Gasteiger partial charge is 0.251 e. The molecule has 2 aromatic rings. The Labute approximate surface area is 90.8 Å². The van der Waals surface area contributed by atoms with Gasteiger partial charge >= 0.3 is 0 Å². The van der Waals surface area contributed by atoms with E-state index in [-0.39, 0.29) is 11.4 Å². The molecule has 0 fully saturated rings. The molecule has 78 valence electrons. The molecule has 0 radical (unpaired) electrons. The number of hydrogen-bond donors (Lipinski definition) is 1. The van der Waals surface area contributed by atoms with Crippen molar-refractivity contribution >= 4 is 11.6 Å². The summed E-state index contributed by atoms with van der Waals surface area (Å²) in [4.78, 5) is 22.2. The number of H-pyrrole nitrogens is 1. The maximum absolute atomic E-state index is 11.3. The lowest BCUT2D eigenvalue weighted by Crippen LogP contribution is -2.11. The number of alkyl halides is 1. The van der Waals surface area contributed by atoms with E-state index >= 15 is 0 Å². The fourth-order valence-electron chi connectivity index (χ4n) is 1.28. The second-order valence-corrected chi connectivity index (χ2v) is 3.35. The van der Waals surface area contributed by atoms with Crippen molar-refractivity contribution in [3.8, 4) is 11.6 Å². The van der Waals surface area contributed by atoms with Crippen LogP contribution < -0.4 is 5.56 Å². The molecular weight excluding hydrogens is 216 g/mol. The van der Waals surface area contributed by atoms with Crippen molar-refractivity contribution in [3.05, 3.63) is 34.5 Å². The van der Waals surface area contributed by atoms with E-state index in [9.17, 15) is 4.79 Å². The summed E-state index contributed by atoms with van der Waals surface area (Å²) >= 11 is 5.63. The first-order chi connectivity index (χ1) is 7.20. The van der Waals surface area contributed by atoms with Crippen molar-refractivity contribution in [2.24, 2.45) is 7.05 Å². The molecule has 0 aliphatic carbocycles. The molecule has 0 aliphatic rings. The van der Waals surface area contributed by atoms with Crippen LogP contribution in [0.4, 0.5) is 0 Å². The van der Waals surface area contributed by atoms with E-state index in [0.717, 1.165) is 0 Å². The van der Waals surface area contributed by atoms with Crippen LogP contribution in [0, 0.1) is 0 Å². The normalized spacial score (nSPS) is 10.5. The summed E-state index contributed by atoms with van der Waals surface area (Å²) in [5.41, 5.74) is 0.317. The standard InChI is InChI=1S/C9H9ClN4O/c1-14-3-2-11-9(14)8-12-6(5-10)4-7(15)13-8/h2-4H,5H2,1H3,(H,12,13,15). The van der Waals surface area contributed by atoms with Crippen LogP contribution in [0.5, 0.6) is 0 Å². The van der Waals surface area contributed by atoms with Gasteiger partial charge in [0.15, 0.2) is 11.6 Å². The molecule has 0 aromatic carbocycles. The zero-order valence-electron chi connectivity index (χ0n) is 8.07. The number of halogens is 1. The summed E-state index contributed by atoms with van der Waals surface area (Å²) in [5.74, 6) is 1.26. The first kappa shape index (κ1) is 9.92. The highest BCUT2D eigenvalue weighted by molar-refractivity contribution is 6.16. The Morgan fingerprint density at radius 2 is 2.40 bits per heavy atom. The van der Waals surface area contributed by atoms with Crippen LogP contribution in [0.3, 0.4) is 0 Å². The van der Waals surface area contributed by atoms with Gasteiger partial charge in [-0.05, 0) is 0 Å². The van der Waals surface area contributed by atoms with Crippen LogP contribution in [-0.4, -0.2) is 19.5 Å². The van der Waals surface area contributed by atoms with Crippen molar-refractivity contribution in [2.45, 2.75) is 5.88 Å². The quantitative estimate of drug-likeness (QED) is 0.772. The average Bonchev–Trinajstić information content (AvgIpc) is 2.63. The maximum Gasteiger partial charge on any atom is 0.251 e. The fourth-order valence-corrected chi connectivity index (χ4v) is 1.41. The number of aryl methyl sites for hydroxylation is 1. The number of rotatable bonds is 2. The minimum absolute atomic E-state index is 0.210. The summed E-state index contributed by atoms with van der Waals surface area (Å²) in [6.45, 7) is 0. The molecule has 0 unspecified atom stereocenters. The Balaban J connectivity index is 2.58. The third kappa shape index (κ3) is 1.92. The van der Waals surface area contributed by atoms with Crippen LogP contribution in [0.1, 0.15) is 5.69 Å². The Morgan fingerprint density at radius 1 is 1.60 bits per heavy atom. The van der Waals surface area contributed by atoms with Crippen LogP contribution >= 0.6 is 11.6 Å². The first-order valence-corrected chi connectivity index (χ1v) is 4.88. The summed E-state index contributed by atoms with van der Waals surface area (Å²) < 4.78 is 1.77. The predicted molar refractivity (Wildman–Crippen MR) is 56.6 cm³/mol. The maximum atomic E-state index is 11.3. The van der Waals surface area contributed by atoms with Crippen LogP contribution in [0.15, 0.2) is 23.3 Å². The number of aromatic amines is 1. The van der Waals surface area contributed by atoms with Gasteiger partial charge in [0.1, 0.15) is 0 Å². The third-order valence-corrected chi connectivity index (χ3v) is 2.24. The van der Waals surface area contributed by atoms with Gasteiger partial charge in [0.05, 0.1) is 11.6 Å². The van der Waals surface area contributed by atoms with E-state index in [1.807, 2.05) is 7.05 Å². The second-order valence-electron chi connectivity index (χ2n) is 3.08. The highest BCUT2D eigenvalue weighted by Gasteiger charge is 2.07. The minimum Gasteiger partial charge on any atom is -0.331 e. The Hall–Kier alpha value is -1.62. The van der Waals surface area contributed by atoms with Crippen LogP contribution in [0.2, 0.25) is 0 Å². The summed E-state index contributed by atoms with van der Waals surface area (Å²) in [6, 6.07) is 1.37. The molecule has 0 spiro atoms. The predicted octanol–water partition coefficient (Wildman–Crippen LogP) is 0.909. The van der Waals surface area contributed by atoms with Crippen molar-refractivity contribution in [3.63, 3.8) is 0 Å². The molecule has 2 rings (SSSR count). The molecule has 2 heterocycles. The Kier molecular flexibility index (Phi) is 2.55. The molecule has 0 amide bonds. The lowest BCUT2D eigenvalue weighted by molar-refractivity contribution is 0.897. The van der Waals surface area contributed by atoms with Gasteiger partial charge in [-0.3, -0.25) is 4.79 Å². The van der Waals surface area contributed by atoms with Crippen molar-refractivity contribution in [1.82, 2.24) is 19.5 Å². The fraction of sp³-hybridized carbons (Fsp3) is 0.222. The number of nitrogens with one attached hydrogen (secondary N) is 1. The first-order valence-electron chi connectivity index (χ1n) is 4.34. The molecule has 1 N–H and O–H groups in total. The topological polar surface area (TPSA) is 63.6 Å². The molecule has 0 saturated heterocycles. The molecule has 0 atom stereocenters. The summed E-state index contributed by atoms with van der Waals surface area (Å²) in [7, 11) is 1.83. The van der Waals surface area contributed by atoms with E-state index < -0.39 is 0 Å². The highest BCUT2D eigenvalue weighted by Crippen LogP contribution is 2.10. The molecule has 5 nitrogen and oxygen atoms in total. The molecule has 6 heteroatoms. The van der Waals surface area contributed by atoms with Gasteiger partial charge in [0.25, 0.3) is 5.56 Å². The van der Waals surface area contributed by atoms with Gasteiger partial charge in [-0.1, -0.05) is 0 Å². The lowest BCUT2D eigenvalue weighted by atomic mass is 10.4. The second kappa shape index (κ2) is 3.86. The summed E-state index contributed by atoms with van der Waals surface area (Å²) in [5, 5.41) is 0. The van der Waals surface area contributed by atoms with Gasteiger partial charge < -0.3 is 9.55 Å². The summed E-state index contributed by atoms with van der Waals surface area (Å²) in [6.07, 6.45) is 3.42. The molecule has 0 saturated carbocycles. The van der Waals surface area contributed by atoms with Crippen molar-refractivity contribution in [2.75, 3.05) is 0 Å². The van der Waals surface area contributed by atoms with Crippen LogP contribution in [-0.2, 0) is 12.9 Å². The zero-order valence-corrected chi connectivity index (χ0v) is 8.82.